The lowest BCUT2D eigenvalue weighted by molar-refractivity contribution is -0.124. The van der Waals surface area contributed by atoms with Gasteiger partial charge in [-0.15, -0.1) is 0 Å². The van der Waals surface area contributed by atoms with Gasteiger partial charge in [0, 0.05) is 12.1 Å². The zero-order valence-electron chi connectivity index (χ0n) is 9.24. The normalized spacial score (nSPS) is 12.0. The van der Waals surface area contributed by atoms with Crippen molar-refractivity contribution in [1.82, 2.24) is 5.32 Å². The highest BCUT2D eigenvalue weighted by Gasteiger charge is 2.09. The summed E-state index contributed by atoms with van der Waals surface area (Å²) in [6.07, 6.45) is 0. The topological polar surface area (TPSA) is 58.6 Å². The number of aliphatic hydroxyl groups excluding tert-OH is 1. The number of ether oxygens (including phenoxy) is 1. The van der Waals surface area contributed by atoms with E-state index >= 15 is 0 Å². The van der Waals surface area contributed by atoms with E-state index in [0.717, 1.165) is 12.1 Å². The molecular formula is C11H13F2NO3. The van der Waals surface area contributed by atoms with Gasteiger partial charge >= 0.3 is 0 Å². The Kier molecular flexibility index (Phi) is 4.84. The molecule has 0 fully saturated rings. The largest absolute Gasteiger partial charge is 0.481 e. The van der Waals surface area contributed by atoms with Crippen molar-refractivity contribution in [1.29, 1.82) is 0 Å². The molecule has 1 aromatic carbocycles. The van der Waals surface area contributed by atoms with E-state index in [1.165, 1.54) is 0 Å². The lowest BCUT2D eigenvalue weighted by Gasteiger charge is -2.11. The zero-order valence-corrected chi connectivity index (χ0v) is 9.24. The number of benzene rings is 1. The molecule has 0 aromatic heterocycles. The Balaban J connectivity index is 2.47. The van der Waals surface area contributed by atoms with Crippen molar-refractivity contribution in [3.8, 4) is 5.75 Å². The molecule has 0 heterocycles. The number of halogens is 2. The van der Waals surface area contributed by atoms with E-state index in [1.54, 1.807) is 6.92 Å². The molecule has 17 heavy (non-hydrogen) atoms. The minimum Gasteiger partial charge on any atom is -0.481 e. The van der Waals surface area contributed by atoms with Gasteiger partial charge in [0.25, 0.3) is 5.91 Å². The number of carbonyl (C=O) groups is 1. The number of carbonyl (C=O) groups excluding carboxylic acids is 1. The fourth-order valence-corrected chi connectivity index (χ4v) is 1.10. The lowest BCUT2D eigenvalue weighted by Crippen LogP contribution is -2.38. The standard InChI is InChI=1S/C11H13F2NO3/c1-7(5-15)14-11(16)6-17-10-3-2-8(12)4-9(10)13/h2-4,7,15H,5-6H2,1H3,(H,14,16)/t7-/m0/s1. The highest BCUT2D eigenvalue weighted by Crippen LogP contribution is 2.17. The summed E-state index contributed by atoms with van der Waals surface area (Å²) in [6.45, 7) is 1.01. The third-order valence-corrected chi connectivity index (χ3v) is 1.93. The van der Waals surface area contributed by atoms with Gasteiger partial charge in [-0.1, -0.05) is 0 Å². The van der Waals surface area contributed by atoms with Gasteiger partial charge in [-0.05, 0) is 19.1 Å². The van der Waals surface area contributed by atoms with Gasteiger partial charge < -0.3 is 15.2 Å². The molecule has 0 unspecified atom stereocenters. The molecule has 1 aromatic rings. The van der Waals surface area contributed by atoms with Crippen molar-refractivity contribution < 1.29 is 23.4 Å². The Morgan fingerprint density at radius 3 is 2.82 bits per heavy atom. The van der Waals surface area contributed by atoms with Crippen LogP contribution in [0.15, 0.2) is 18.2 Å². The molecule has 1 rings (SSSR count). The predicted octanol–water partition coefficient (Wildman–Crippen LogP) is 0.841. The van der Waals surface area contributed by atoms with Crippen LogP contribution in [0.4, 0.5) is 8.78 Å². The smallest absolute Gasteiger partial charge is 0.258 e. The number of amides is 1. The molecular weight excluding hydrogens is 232 g/mol. The van der Waals surface area contributed by atoms with Gasteiger partial charge in [0.2, 0.25) is 0 Å². The predicted molar refractivity (Wildman–Crippen MR) is 56.5 cm³/mol. The Morgan fingerprint density at radius 2 is 2.24 bits per heavy atom. The minimum atomic E-state index is -0.868. The molecule has 0 aliphatic rings. The zero-order chi connectivity index (χ0) is 12.8. The quantitative estimate of drug-likeness (QED) is 0.808. The van der Waals surface area contributed by atoms with Crippen LogP contribution in [-0.2, 0) is 4.79 Å². The van der Waals surface area contributed by atoms with Crippen molar-refractivity contribution in [2.45, 2.75) is 13.0 Å². The summed E-state index contributed by atoms with van der Waals surface area (Å²) in [5.74, 6) is -2.27. The second-order valence-electron chi connectivity index (χ2n) is 3.51. The maximum atomic E-state index is 13.1. The minimum absolute atomic E-state index is 0.196. The first-order valence-electron chi connectivity index (χ1n) is 5.01. The molecule has 0 saturated heterocycles. The van der Waals surface area contributed by atoms with Crippen LogP contribution in [0.1, 0.15) is 6.92 Å². The number of hydrogen-bond donors (Lipinski definition) is 2. The Morgan fingerprint density at radius 1 is 1.53 bits per heavy atom. The first kappa shape index (κ1) is 13.4. The lowest BCUT2D eigenvalue weighted by atomic mass is 10.3. The van der Waals surface area contributed by atoms with Crippen LogP contribution in [0, 0.1) is 11.6 Å². The van der Waals surface area contributed by atoms with Crippen molar-refractivity contribution in [2.75, 3.05) is 13.2 Å². The van der Waals surface area contributed by atoms with Crippen molar-refractivity contribution in [2.24, 2.45) is 0 Å². The fourth-order valence-electron chi connectivity index (χ4n) is 1.10. The average molecular weight is 245 g/mol. The Bertz CT molecular complexity index is 398. The van der Waals surface area contributed by atoms with Crippen LogP contribution in [0.2, 0.25) is 0 Å². The summed E-state index contributed by atoms with van der Waals surface area (Å²) in [7, 11) is 0. The molecule has 94 valence electrons. The van der Waals surface area contributed by atoms with Crippen LogP contribution < -0.4 is 10.1 Å². The van der Waals surface area contributed by atoms with E-state index in [4.69, 9.17) is 9.84 Å². The number of aliphatic hydroxyl groups is 1. The maximum absolute atomic E-state index is 13.1. The second kappa shape index (κ2) is 6.15. The van der Waals surface area contributed by atoms with Gasteiger partial charge in [-0.3, -0.25) is 4.79 Å². The third-order valence-electron chi connectivity index (χ3n) is 1.93. The first-order valence-corrected chi connectivity index (χ1v) is 5.01. The van der Waals surface area contributed by atoms with Crippen molar-refractivity contribution in [3.63, 3.8) is 0 Å². The number of nitrogens with one attached hydrogen (secondary N) is 1. The summed E-state index contributed by atoms with van der Waals surface area (Å²) >= 11 is 0. The van der Waals surface area contributed by atoms with E-state index in [1.807, 2.05) is 0 Å². The number of hydrogen-bond acceptors (Lipinski definition) is 3. The molecule has 4 nitrogen and oxygen atoms in total. The SMILES string of the molecule is C[C@@H](CO)NC(=O)COc1ccc(F)cc1F. The monoisotopic (exact) mass is 245 g/mol. The molecule has 1 amide bonds. The van der Waals surface area contributed by atoms with Gasteiger partial charge in [0.15, 0.2) is 18.2 Å². The highest BCUT2D eigenvalue weighted by molar-refractivity contribution is 5.77. The molecule has 0 aliphatic carbocycles. The van der Waals surface area contributed by atoms with Crippen LogP contribution in [-0.4, -0.2) is 30.3 Å². The summed E-state index contributed by atoms with van der Waals surface area (Å²) in [5.41, 5.74) is 0. The van der Waals surface area contributed by atoms with Crippen LogP contribution in [0.5, 0.6) is 5.75 Å². The Hall–Kier alpha value is -1.69. The van der Waals surface area contributed by atoms with Gasteiger partial charge in [0.05, 0.1) is 6.61 Å². The van der Waals surface area contributed by atoms with Crippen molar-refractivity contribution in [3.05, 3.63) is 29.8 Å². The summed E-state index contributed by atoms with van der Waals surface area (Å²) in [6, 6.07) is 2.41. The van der Waals surface area contributed by atoms with E-state index in [2.05, 4.69) is 5.32 Å². The maximum Gasteiger partial charge on any atom is 0.258 e. The summed E-state index contributed by atoms with van der Waals surface area (Å²) in [5, 5.41) is 11.1. The summed E-state index contributed by atoms with van der Waals surface area (Å²) < 4.78 is 30.5. The molecule has 0 aliphatic heterocycles. The highest BCUT2D eigenvalue weighted by atomic mass is 19.1. The van der Waals surface area contributed by atoms with Crippen LogP contribution in [0.3, 0.4) is 0 Å². The average Bonchev–Trinajstić information content (AvgIpc) is 2.27. The van der Waals surface area contributed by atoms with Crippen LogP contribution >= 0.6 is 0 Å². The van der Waals surface area contributed by atoms with E-state index < -0.39 is 30.2 Å². The second-order valence-corrected chi connectivity index (χ2v) is 3.51. The molecule has 0 saturated carbocycles. The molecule has 2 N–H and O–H groups in total. The first-order chi connectivity index (χ1) is 8.02. The van der Waals surface area contributed by atoms with Gasteiger partial charge in [-0.25, -0.2) is 8.78 Å². The number of rotatable bonds is 5. The summed E-state index contributed by atoms with van der Waals surface area (Å²) in [4.78, 5) is 11.2. The van der Waals surface area contributed by atoms with Crippen molar-refractivity contribution >= 4 is 5.91 Å². The van der Waals surface area contributed by atoms with Crippen LogP contribution in [0.25, 0.3) is 0 Å². The van der Waals surface area contributed by atoms with E-state index in [9.17, 15) is 13.6 Å². The molecule has 0 radical (unpaired) electrons. The Labute approximate surface area is 97.2 Å². The van der Waals surface area contributed by atoms with Gasteiger partial charge in [0.1, 0.15) is 5.82 Å². The molecule has 6 heteroatoms. The molecule has 0 spiro atoms. The fraction of sp³-hybridized carbons (Fsp3) is 0.364. The van der Waals surface area contributed by atoms with E-state index in [-0.39, 0.29) is 12.4 Å². The molecule has 0 bridgehead atoms. The molecule has 1 atom stereocenters. The third kappa shape index (κ3) is 4.36. The van der Waals surface area contributed by atoms with Gasteiger partial charge in [-0.2, -0.15) is 0 Å². The van der Waals surface area contributed by atoms with E-state index in [0.29, 0.717) is 6.07 Å².